The topological polar surface area (TPSA) is 49.4 Å². The summed E-state index contributed by atoms with van der Waals surface area (Å²) in [6.45, 7) is 14.3. The van der Waals surface area contributed by atoms with Gasteiger partial charge in [-0.2, -0.15) is 4.58 Å². The number of aryl methyl sites for hydroxylation is 1. The van der Waals surface area contributed by atoms with Gasteiger partial charge in [0.1, 0.15) is 7.05 Å². The van der Waals surface area contributed by atoms with Crippen molar-refractivity contribution in [3.05, 3.63) is 135 Å². The molecule has 0 saturated carbocycles. The molecule has 0 fully saturated rings. The number of non-ortho nitro benzene ring substituents is 1. The van der Waals surface area contributed by atoms with E-state index in [1.54, 1.807) is 12.1 Å². The first-order valence-electron chi connectivity index (χ1n) is 16.1. The van der Waals surface area contributed by atoms with Gasteiger partial charge in [0.2, 0.25) is 5.69 Å². The summed E-state index contributed by atoms with van der Waals surface area (Å²) in [6.07, 6.45) is 8.50. The van der Waals surface area contributed by atoms with Crippen LogP contribution in [-0.4, -0.2) is 28.8 Å². The van der Waals surface area contributed by atoms with Gasteiger partial charge in [-0.05, 0) is 81.2 Å². The molecular formula is C40H44N3O2+. The second kappa shape index (κ2) is 11.4. The highest BCUT2D eigenvalue weighted by atomic mass is 16.6. The molecule has 1 unspecified atom stereocenters. The molecule has 230 valence electrons. The molecule has 5 heteroatoms. The van der Waals surface area contributed by atoms with Crippen LogP contribution in [0, 0.1) is 23.0 Å². The minimum absolute atomic E-state index is 0.138. The van der Waals surface area contributed by atoms with Crippen molar-refractivity contribution in [2.45, 2.75) is 65.2 Å². The third kappa shape index (κ3) is 5.28. The molecule has 1 atom stereocenters. The van der Waals surface area contributed by atoms with E-state index in [9.17, 15) is 10.1 Å². The van der Waals surface area contributed by atoms with E-state index in [1.807, 2.05) is 6.07 Å². The Bertz CT molecular complexity index is 1890. The smallest absolute Gasteiger partial charge is 0.269 e. The lowest BCUT2D eigenvalue weighted by Gasteiger charge is -2.31. The molecule has 0 spiro atoms. The maximum absolute atomic E-state index is 11.9. The van der Waals surface area contributed by atoms with Crippen LogP contribution in [0.25, 0.3) is 10.8 Å². The summed E-state index contributed by atoms with van der Waals surface area (Å²) >= 11 is 0. The first-order valence-corrected chi connectivity index (χ1v) is 16.1. The number of nitrogens with zero attached hydrogens (tertiary/aromatic N) is 3. The van der Waals surface area contributed by atoms with Gasteiger partial charge in [0.05, 0.1) is 15.7 Å². The Morgan fingerprint density at radius 1 is 0.956 bits per heavy atom. The van der Waals surface area contributed by atoms with Crippen LogP contribution in [0.1, 0.15) is 63.3 Å². The molecule has 2 aliphatic heterocycles. The molecule has 0 saturated heterocycles. The average molecular weight is 599 g/mol. The lowest BCUT2D eigenvalue weighted by Crippen LogP contribution is -2.31. The minimum atomic E-state index is -0.446. The van der Waals surface area contributed by atoms with E-state index in [0.29, 0.717) is 5.92 Å². The average Bonchev–Trinajstić information content (AvgIpc) is 3.35. The quantitative estimate of drug-likeness (QED) is 0.115. The summed E-state index contributed by atoms with van der Waals surface area (Å²) in [7, 11) is 2.17. The molecule has 2 heterocycles. The number of hydrogen-bond acceptors (Lipinski definition) is 3. The summed E-state index contributed by atoms with van der Waals surface area (Å²) < 4.78 is 2.35. The van der Waals surface area contributed by atoms with Gasteiger partial charge in [-0.25, -0.2) is 0 Å². The van der Waals surface area contributed by atoms with Crippen LogP contribution in [0.15, 0.2) is 103 Å². The first-order chi connectivity index (χ1) is 21.4. The summed E-state index contributed by atoms with van der Waals surface area (Å²) in [5.74, 6) is 0.532. The lowest BCUT2D eigenvalue weighted by atomic mass is 9.76. The van der Waals surface area contributed by atoms with Gasteiger partial charge in [0, 0.05) is 47.1 Å². The van der Waals surface area contributed by atoms with Gasteiger partial charge in [-0.1, -0.05) is 80.1 Å². The van der Waals surface area contributed by atoms with Crippen molar-refractivity contribution in [1.29, 1.82) is 0 Å². The Hall–Kier alpha value is -4.51. The van der Waals surface area contributed by atoms with E-state index in [-0.39, 0.29) is 16.0 Å². The van der Waals surface area contributed by atoms with E-state index in [4.69, 9.17) is 0 Å². The minimum Gasteiger partial charge on any atom is -0.344 e. The molecule has 4 aromatic rings. The molecule has 0 amide bonds. The maximum atomic E-state index is 11.9. The second-order valence-electron chi connectivity index (χ2n) is 14.0. The van der Waals surface area contributed by atoms with Crippen molar-refractivity contribution >= 4 is 33.5 Å². The van der Waals surface area contributed by atoms with Crippen molar-refractivity contribution in [1.82, 2.24) is 0 Å². The van der Waals surface area contributed by atoms with Gasteiger partial charge in [0.15, 0.2) is 5.71 Å². The molecule has 0 aromatic heterocycles. The molecule has 2 aliphatic rings. The summed E-state index contributed by atoms with van der Waals surface area (Å²) in [5.41, 5.74) is 9.08. The fourth-order valence-corrected chi connectivity index (χ4v) is 7.43. The van der Waals surface area contributed by atoms with Crippen molar-refractivity contribution < 1.29 is 9.50 Å². The van der Waals surface area contributed by atoms with E-state index in [2.05, 4.69) is 137 Å². The number of anilines is 1. The molecule has 0 bridgehead atoms. The van der Waals surface area contributed by atoms with E-state index < -0.39 is 5.41 Å². The van der Waals surface area contributed by atoms with Crippen LogP contribution >= 0.6 is 0 Å². The maximum Gasteiger partial charge on any atom is 0.269 e. The third-order valence-corrected chi connectivity index (χ3v) is 9.96. The SMILES string of the molecule is Cc1ccc(CC2(C)C(=CC=CC3=[N+](C)c4c(ccc5ccccc45)C3(C)C)N(CCC(C)C)c3ccc([N+](=O)[O-])cc32)cc1. The molecule has 0 radical (unpaired) electrons. The Morgan fingerprint density at radius 2 is 1.69 bits per heavy atom. The van der Waals surface area contributed by atoms with E-state index in [1.165, 1.54) is 44.6 Å². The molecule has 0 aliphatic carbocycles. The van der Waals surface area contributed by atoms with Gasteiger partial charge in [-0.15, -0.1) is 0 Å². The highest BCUT2D eigenvalue weighted by Crippen LogP contribution is 2.51. The first kappa shape index (κ1) is 30.5. The number of nitro groups is 1. The Kier molecular flexibility index (Phi) is 7.76. The fourth-order valence-electron chi connectivity index (χ4n) is 7.43. The predicted molar refractivity (Wildman–Crippen MR) is 187 cm³/mol. The molecule has 5 nitrogen and oxygen atoms in total. The zero-order chi connectivity index (χ0) is 32.1. The monoisotopic (exact) mass is 598 g/mol. The van der Waals surface area contributed by atoms with E-state index in [0.717, 1.165) is 30.6 Å². The van der Waals surface area contributed by atoms with Gasteiger partial charge in [0.25, 0.3) is 5.69 Å². The highest BCUT2D eigenvalue weighted by molar-refractivity contribution is 6.07. The molecule has 45 heavy (non-hydrogen) atoms. The normalized spacial score (nSPS) is 19.7. The van der Waals surface area contributed by atoms with Crippen LogP contribution in [0.3, 0.4) is 0 Å². The highest BCUT2D eigenvalue weighted by Gasteiger charge is 2.45. The summed E-state index contributed by atoms with van der Waals surface area (Å²) in [6, 6.07) is 27.2. The Morgan fingerprint density at radius 3 is 2.40 bits per heavy atom. The second-order valence-corrected chi connectivity index (χ2v) is 14.0. The number of benzene rings is 4. The van der Waals surface area contributed by atoms with Gasteiger partial charge >= 0.3 is 0 Å². The van der Waals surface area contributed by atoms with Crippen LogP contribution in [0.4, 0.5) is 17.1 Å². The van der Waals surface area contributed by atoms with Gasteiger partial charge in [-0.3, -0.25) is 10.1 Å². The molecule has 0 N–H and O–H groups in total. The van der Waals surface area contributed by atoms with Gasteiger partial charge < -0.3 is 4.90 Å². The van der Waals surface area contributed by atoms with Crippen LogP contribution in [0.5, 0.6) is 0 Å². The largest absolute Gasteiger partial charge is 0.344 e. The zero-order valence-corrected chi connectivity index (χ0v) is 27.6. The zero-order valence-electron chi connectivity index (χ0n) is 27.6. The Balaban J connectivity index is 1.48. The van der Waals surface area contributed by atoms with Crippen molar-refractivity contribution in [2.75, 3.05) is 18.5 Å². The number of nitro benzene ring substituents is 1. The lowest BCUT2D eigenvalue weighted by molar-refractivity contribution is -0.399. The summed E-state index contributed by atoms with van der Waals surface area (Å²) in [4.78, 5) is 14.1. The predicted octanol–water partition coefficient (Wildman–Crippen LogP) is 9.57. The van der Waals surface area contributed by atoms with Crippen molar-refractivity contribution in [3.8, 4) is 0 Å². The summed E-state index contributed by atoms with van der Waals surface area (Å²) in [5, 5.41) is 14.4. The van der Waals surface area contributed by atoms with Crippen molar-refractivity contribution in [2.24, 2.45) is 5.92 Å². The number of allylic oxidation sites excluding steroid dienone is 4. The number of fused-ring (bicyclic) bond motifs is 4. The van der Waals surface area contributed by atoms with Crippen LogP contribution in [-0.2, 0) is 17.3 Å². The number of rotatable bonds is 8. The fraction of sp³-hybridized carbons (Fsp3) is 0.325. The number of hydrogen-bond donors (Lipinski definition) is 0. The van der Waals surface area contributed by atoms with Crippen LogP contribution < -0.4 is 4.90 Å². The standard InChI is InChI=1S/C40H44N3O2/c1-27(2)23-24-42-35-22-20-31(43(44)45)25-34(35)40(6,26-29-17-15-28(3)16-18-29)37(42)14-10-13-36-39(4,5)33-21-19-30-11-8-9-12-32(30)38(33)41(36)7/h8-22,25,27H,23-24,26H2,1-7H3/q+1. The molecular weight excluding hydrogens is 554 g/mol. The van der Waals surface area contributed by atoms with E-state index >= 15 is 0 Å². The Labute approximate surface area is 267 Å². The van der Waals surface area contributed by atoms with Crippen molar-refractivity contribution in [3.63, 3.8) is 0 Å². The van der Waals surface area contributed by atoms with Crippen LogP contribution in [0.2, 0.25) is 0 Å². The third-order valence-electron chi connectivity index (χ3n) is 9.96. The molecule has 6 rings (SSSR count). The molecule has 4 aromatic carbocycles.